The van der Waals surface area contributed by atoms with E-state index in [1.54, 1.807) is 13.3 Å². The highest BCUT2D eigenvalue weighted by atomic mass is 16.5. The normalized spacial score (nSPS) is 17.9. The zero-order chi connectivity index (χ0) is 29.7. The van der Waals surface area contributed by atoms with Gasteiger partial charge in [-0.1, -0.05) is 88.4 Å². The number of nitrogens with zero attached hydrogens (tertiary/aromatic N) is 2. The van der Waals surface area contributed by atoms with E-state index in [1.807, 2.05) is 31.3 Å². The van der Waals surface area contributed by atoms with E-state index in [0.29, 0.717) is 18.1 Å². The van der Waals surface area contributed by atoms with Gasteiger partial charge in [0.15, 0.2) is 5.78 Å². The van der Waals surface area contributed by atoms with Gasteiger partial charge in [-0.2, -0.15) is 0 Å². The number of aromatic nitrogens is 1. The molecule has 4 rings (SSSR count). The van der Waals surface area contributed by atoms with Gasteiger partial charge in [0.05, 0.1) is 19.0 Å². The fourth-order valence-corrected chi connectivity index (χ4v) is 5.82. The summed E-state index contributed by atoms with van der Waals surface area (Å²) in [6.07, 6.45) is 10.7. The van der Waals surface area contributed by atoms with Gasteiger partial charge >= 0.3 is 0 Å². The Labute approximate surface area is 246 Å². The van der Waals surface area contributed by atoms with Gasteiger partial charge in [0, 0.05) is 41.9 Å². The Morgan fingerprint density at radius 3 is 2.56 bits per heavy atom. The number of pyridine rings is 1. The largest absolute Gasteiger partial charge is 0.495 e. The number of hydrogen-bond donors (Lipinski definition) is 0. The van der Waals surface area contributed by atoms with E-state index in [4.69, 9.17) is 4.74 Å². The molecule has 1 aromatic heterocycles. The molecule has 0 saturated heterocycles. The molecule has 0 aliphatic carbocycles. The number of carbonyl (C=O) groups is 1. The second-order valence-corrected chi connectivity index (χ2v) is 12.3. The average Bonchev–Trinajstić information content (AvgIpc) is 3.03. The van der Waals surface area contributed by atoms with Crippen LogP contribution in [0.3, 0.4) is 0 Å². The summed E-state index contributed by atoms with van der Waals surface area (Å²) in [4.78, 5) is 20.3. The standard InChI is InChI=1S/C37H44N2O2/c1-9-13-30-21-36(40)27(4)34(39-24-33(37(5,6)7)26(3)17-35(30)39)19-29(18-28-14-11-10-12-15-28)16-25(2)31-20-32(41-8)23-38-22-31/h10-12,14-16,20-23,33H,2,9,13,18-19,24H2,1,3-8H3. The molecular weight excluding hydrogens is 504 g/mol. The number of ketones is 1. The van der Waals surface area contributed by atoms with Crippen LogP contribution < -0.4 is 4.74 Å². The smallest absolute Gasteiger partial charge is 0.183 e. The van der Waals surface area contributed by atoms with Crippen molar-refractivity contribution >= 4 is 11.4 Å². The molecule has 0 amide bonds. The quantitative estimate of drug-likeness (QED) is 0.232. The van der Waals surface area contributed by atoms with Crippen LogP contribution in [0.25, 0.3) is 5.57 Å². The van der Waals surface area contributed by atoms with E-state index in [1.165, 1.54) is 16.7 Å². The highest BCUT2D eigenvalue weighted by molar-refractivity contribution is 6.05. The van der Waals surface area contributed by atoms with Crippen LogP contribution in [0.1, 0.15) is 71.9 Å². The Balaban J connectivity index is 1.82. The molecule has 41 heavy (non-hydrogen) atoms. The molecular formula is C37H44N2O2. The molecule has 4 heteroatoms. The fourth-order valence-electron chi connectivity index (χ4n) is 5.82. The number of benzene rings is 1. The zero-order valence-corrected chi connectivity index (χ0v) is 25.8. The van der Waals surface area contributed by atoms with E-state index < -0.39 is 0 Å². The van der Waals surface area contributed by atoms with Crippen molar-refractivity contribution in [3.63, 3.8) is 0 Å². The molecule has 1 unspecified atom stereocenters. The van der Waals surface area contributed by atoms with Crippen molar-refractivity contribution in [2.24, 2.45) is 11.3 Å². The summed E-state index contributed by atoms with van der Waals surface area (Å²) in [7, 11) is 1.64. The molecule has 214 valence electrons. The Morgan fingerprint density at radius 2 is 1.90 bits per heavy atom. The first-order chi connectivity index (χ1) is 19.5. The van der Waals surface area contributed by atoms with Crippen molar-refractivity contribution in [2.75, 3.05) is 13.7 Å². The van der Waals surface area contributed by atoms with Crippen LogP contribution in [0, 0.1) is 11.3 Å². The maximum Gasteiger partial charge on any atom is 0.183 e. The van der Waals surface area contributed by atoms with Crippen molar-refractivity contribution < 1.29 is 9.53 Å². The molecule has 3 heterocycles. The SMILES string of the molecule is C=C(C=C(CC1=C(C)C(=O)C=C(CCC)C2=C=C(C)C(C(C)(C)C)CN21)Cc1ccccc1)c1cncc(OC)c1. The van der Waals surface area contributed by atoms with E-state index >= 15 is 0 Å². The maximum absolute atomic E-state index is 13.6. The summed E-state index contributed by atoms with van der Waals surface area (Å²) in [6.45, 7) is 18.5. The minimum absolute atomic E-state index is 0.0724. The Morgan fingerprint density at radius 1 is 1.17 bits per heavy atom. The van der Waals surface area contributed by atoms with Crippen LogP contribution in [0.2, 0.25) is 0 Å². The van der Waals surface area contributed by atoms with Crippen molar-refractivity contribution in [3.05, 3.63) is 118 Å². The number of methoxy groups -OCH3 is 1. The lowest BCUT2D eigenvalue weighted by molar-refractivity contribution is -0.111. The lowest BCUT2D eigenvalue weighted by Gasteiger charge is -2.41. The van der Waals surface area contributed by atoms with Crippen molar-refractivity contribution in [1.82, 2.24) is 9.88 Å². The zero-order valence-electron chi connectivity index (χ0n) is 25.8. The summed E-state index contributed by atoms with van der Waals surface area (Å²) in [5.74, 6) is 1.11. The number of allylic oxidation sites excluding steroid dienone is 5. The number of rotatable bonds is 9. The van der Waals surface area contributed by atoms with Crippen LogP contribution in [-0.4, -0.2) is 29.3 Å². The third kappa shape index (κ3) is 7.07. The van der Waals surface area contributed by atoms with Gasteiger partial charge in [-0.15, -0.1) is 0 Å². The summed E-state index contributed by atoms with van der Waals surface area (Å²) >= 11 is 0. The first-order valence-corrected chi connectivity index (χ1v) is 14.6. The predicted octanol–water partition coefficient (Wildman–Crippen LogP) is 8.65. The molecule has 0 radical (unpaired) electrons. The van der Waals surface area contributed by atoms with Crippen LogP contribution in [0.4, 0.5) is 0 Å². The van der Waals surface area contributed by atoms with Crippen molar-refractivity contribution in [2.45, 2.75) is 67.2 Å². The summed E-state index contributed by atoms with van der Waals surface area (Å²) in [5, 5.41) is 0. The molecule has 0 saturated carbocycles. The number of ether oxygens (including phenoxy) is 1. The van der Waals surface area contributed by atoms with Crippen molar-refractivity contribution in [1.29, 1.82) is 0 Å². The molecule has 2 aliphatic heterocycles. The predicted molar refractivity (Wildman–Crippen MR) is 169 cm³/mol. The van der Waals surface area contributed by atoms with Gasteiger partial charge in [0.1, 0.15) is 5.75 Å². The molecule has 1 aromatic carbocycles. The van der Waals surface area contributed by atoms with Gasteiger partial charge < -0.3 is 9.64 Å². The van der Waals surface area contributed by atoms with Gasteiger partial charge in [0.25, 0.3) is 0 Å². The first-order valence-electron chi connectivity index (χ1n) is 14.6. The maximum atomic E-state index is 13.6. The molecule has 0 bridgehead atoms. The number of fused-ring (bicyclic) bond motifs is 1. The van der Waals surface area contributed by atoms with E-state index in [2.05, 4.69) is 87.2 Å². The van der Waals surface area contributed by atoms with Crippen LogP contribution in [0.15, 0.2) is 107 Å². The summed E-state index contributed by atoms with van der Waals surface area (Å²) in [6, 6.07) is 12.4. The molecule has 2 aliphatic rings. The average molecular weight is 549 g/mol. The highest BCUT2D eigenvalue weighted by Gasteiger charge is 2.36. The van der Waals surface area contributed by atoms with Crippen molar-refractivity contribution in [3.8, 4) is 5.75 Å². The molecule has 0 fully saturated rings. The molecule has 0 spiro atoms. The Bertz CT molecular complexity index is 1470. The van der Waals surface area contributed by atoms with Gasteiger partial charge in [0.2, 0.25) is 0 Å². The third-order valence-corrected chi connectivity index (χ3v) is 8.14. The lowest BCUT2D eigenvalue weighted by Crippen LogP contribution is -2.38. The van der Waals surface area contributed by atoms with E-state index in [0.717, 1.165) is 59.5 Å². The highest BCUT2D eigenvalue weighted by Crippen LogP contribution is 2.42. The van der Waals surface area contributed by atoms with Crippen LogP contribution in [0.5, 0.6) is 5.75 Å². The lowest BCUT2D eigenvalue weighted by atomic mass is 9.75. The third-order valence-electron chi connectivity index (χ3n) is 8.14. The summed E-state index contributed by atoms with van der Waals surface area (Å²) in [5.41, 5.74) is 13.3. The monoisotopic (exact) mass is 548 g/mol. The fraction of sp³-hybridized carbons (Fsp3) is 0.378. The topological polar surface area (TPSA) is 42.4 Å². The van der Waals surface area contributed by atoms with Crippen LogP contribution >= 0.6 is 0 Å². The second kappa shape index (κ2) is 12.7. The van der Waals surface area contributed by atoms with Gasteiger partial charge in [-0.05, 0) is 66.5 Å². The Kier molecular flexibility index (Phi) is 9.35. The Hall–Kier alpha value is -3.88. The molecule has 0 N–H and O–H groups in total. The number of carbonyl (C=O) groups excluding carboxylic acids is 1. The molecule has 2 aromatic rings. The minimum Gasteiger partial charge on any atom is -0.495 e. The second-order valence-electron chi connectivity index (χ2n) is 12.3. The molecule has 1 atom stereocenters. The molecule has 4 nitrogen and oxygen atoms in total. The first kappa shape index (κ1) is 30.1. The number of hydrogen-bond acceptors (Lipinski definition) is 4. The van der Waals surface area contributed by atoms with Crippen LogP contribution in [-0.2, 0) is 11.2 Å². The van der Waals surface area contributed by atoms with Gasteiger partial charge in [-0.3, -0.25) is 9.78 Å². The van der Waals surface area contributed by atoms with Gasteiger partial charge in [-0.25, -0.2) is 0 Å². The minimum atomic E-state index is 0.0724. The van der Waals surface area contributed by atoms with E-state index in [-0.39, 0.29) is 11.2 Å². The summed E-state index contributed by atoms with van der Waals surface area (Å²) < 4.78 is 5.41. The van der Waals surface area contributed by atoms with E-state index in [9.17, 15) is 4.79 Å².